The van der Waals surface area contributed by atoms with Crippen molar-refractivity contribution in [3.63, 3.8) is 0 Å². The Morgan fingerprint density at radius 2 is 1.85 bits per heavy atom. The summed E-state index contributed by atoms with van der Waals surface area (Å²) in [5, 5.41) is 3.24. The molecule has 2 aromatic rings. The standard InChI is InChI=1S/C15H17FN4/c16-13-5-3-12(4-6-13)10-17-14-9-15(19-11-18-14)20-7-1-2-8-20/h3-6,9,11H,1-2,7-8,10H2,(H,17,18,19). The lowest BCUT2D eigenvalue weighted by atomic mass is 10.2. The molecule has 0 aliphatic carbocycles. The molecule has 0 unspecified atom stereocenters. The number of benzene rings is 1. The molecule has 4 nitrogen and oxygen atoms in total. The van der Waals surface area contributed by atoms with Crippen molar-refractivity contribution in [1.29, 1.82) is 0 Å². The van der Waals surface area contributed by atoms with Crippen LogP contribution >= 0.6 is 0 Å². The largest absolute Gasteiger partial charge is 0.366 e. The number of hydrogen-bond donors (Lipinski definition) is 1. The summed E-state index contributed by atoms with van der Waals surface area (Å²) >= 11 is 0. The third kappa shape index (κ3) is 3.04. The van der Waals surface area contributed by atoms with E-state index < -0.39 is 0 Å². The van der Waals surface area contributed by atoms with Gasteiger partial charge in [-0.2, -0.15) is 0 Å². The normalized spacial score (nSPS) is 14.6. The van der Waals surface area contributed by atoms with Crippen LogP contribution in [0.25, 0.3) is 0 Å². The average Bonchev–Trinajstić information content (AvgIpc) is 3.01. The quantitative estimate of drug-likeness (QED) is 0.929. The molecular weight excluding hydrogens is 255 g/mol. The number of aromatic nitrogens is 2. The zero-order valence-electron chi connectivity index (χ0n) is 11.2. The number of anilines is 2. The summed E-state index contributed by atoms with van der Waals surface area (Å²) in [7, 11) is 0. The van der Waals surface area contributed by atoms with E-state index in [0.29, 0.717) is 6.54 Å². The second-order valence-corrected chi connectivity index (χ2v) is 4.94. The third-order valence-corrected chi connectivity index (χ3v) is 3.47. The lowest BCUT2D eigenvalue weighted by Gasteiger charge is -2.16. The maximum atomic E-state index is 12.8. The SMILES string of the molecule is Fc1ccc(CNc2cc(N3CCCC3)ncn2)cc1. The van der Waals surface area contributed by atoms with Gasteiger partial charge in [0.15, 0.2) is 0 Å². The maximum Gasteiger partial charge on any atom is 0.134 e. The first-order chi connectivity index (χ1) is 9.81. The van der Waals surface area contributed by atoms with E-state index in [1.807, 2.05) is 6.07 Å². The van der Waals surface area contributed by atoms with Gasteiger partial charge >= 0.3 is 0 Å². The Balaban J connectivity index is 1.65. The van der Waals surface area contributed by atoms with Gasteiger partial charge in [-0.05, 0) is 30.5 Å². The highest BCUT2D eigenvalue weighted by Gasteiger charge is 2.13. The van der Waals surface area contributed by atoms with Crippen molar-refractivity contribution in [2.45, 2.75) is 19.4 Å². The summed E-state index contributed by atoms with van der Waals surface area (Å²) in [6, 6.07) is 8.43. The third-order valence-electron chi connectivity index (χ3n) is 3.47. The van der Waals surface area contributed by atoms with E-state index in [2.05, 4.69) is 20.2 Å². The molecule has 104 valence electrons. The monoisotopic (exact) mass is 272 g/mol. The van der Waals surface area contributed by atoms with Gasteiger partial charge in [-0.1, -0.05) is 12.1 Å². The van der Waals surface area contributed by atoms with Crippen LogP contribution in [0.4, 0.5) is 16.0 Å². The highest BCUT2D eigenvalue weighted by Crippen LogP contribution is 2.19. The lowest BCUT2D eigenvalue weighted by molar-refractivity contribution is 0.627. The molecule has 5 heteroatoms. The molecule has 1 aromatic heterocycles. The Bertz CT molecular complexity index is 564. The van der Waals surface area contributed by atoms with E-state index >= 15 is 0 Å². The highest BCUT2D eigenvalue weighted by molar-refractivity contribution is 5.49. The molecule has 0 saturated carbocycles. The topological polar surface area (TPSA) is 41.0 Å². The summed E-state index contributed by atoms with van der Waals surface area (Å²) in [4.78, 5) is 10.8. The Hall–Kier alpha value is -2.17. The molecule has 1 aromatic carbocycles. The number of nitrogens with zero attached hydrogens (tertiary/aromatic N) is 3. The van der Waals surface area contributed by atoms with Crippen molar-refractivity contribution in [3.05, 3.63) is 48.0 Å². The first-order valence-electron chi connectivity index (χ1n) is 6.86. The first-order valence-corrected chi connectivity index (χ1v) is 6.86. The van der Waals surface area contributed by atoms with E-state index in [0.717, 1.165) is 30.3 Å². The van der Waals surface area contributed by atoms with Crippen LogP contribution in [0.5, 0.6) is 0 Å². The van der Waals surface area contributed by atoms with Gasteiger partial charge in [-0.15, -0.1) is 0 Å². The van der Waals surface area contributed by atoms with Gasteiger partial charge in [0, 0.05) is 25.7 Å². The van der Waals surface area contributed by atoms with Gasteiger partial charge in [0.1, 0.15) is 23.8 Å². The molecule has 1 N–H and O–H groups in total. The molecule has 0 radical (unpaired) electrons. The molecule has 1 saturated heterocycles. The predicted molar refractivity (Wildman–Crippen MR) is 77.2 cm³/mol. The van der Waals surface area contributed by atoms with E-state index in [1.165, 1.54) is 25.0 Å². The van der Waals surface area contributed by atoms with Crippen LogP contribution in [0.15, 0.2) is 36.7 Å². The zero-order valence-corrected chi connectivity index (χ0v) is 11.2. The molecule has 1 aliphatic heterocycles. The zero-order chi connectivity index (χ0) is 13.8. The van der Waals surface area contributed by atoms with E-state index in [1.54, 1.807) is 18.5 Å². The van der Waals surface area contributed by atoms with Crippen LogP contribution in [0.1, 0.15) is 18.4 Å². The van der Waals surface area contributed by atoms with Crippen LogP contribution in [-0.4, -0.2) is 23.1 Å². The fourth-order valence-electron chi connectivity index (χ4n) is 2.36. The fourth-order valence-corrected chi connectivity index (χ4v) is 2.36. The van der Waals surface area contributed by atoms with Crippen molar-refractivity contribution in [3.8, 4) is 0 Å². The van der Waals surface area contributed by atoms with Crippen LogP contribution in [0.2, 0.25) is 0 Å². The minimum Gasteiger partial charge on any atom is -0.366 e. The van der Waals surface area contributed by atoms with E-state index in [-0.39, 0.29) is 5.82 Å². The Kier molecular flexibility index (Phi) is 3.76. The van der Waals surface area contributed by atoms with Gasteiger partial charge in [0.2, 0.25) is 0 Å². The minimum absolute atomic E-state index is 0.216. The molecule has 2 heterocycles. The summed E-state index contributed by atoms with van der Waals surface area (Å²) in [6.07, 6.45) is 4.03. The van der Waals surface area contributed by atoms with Crippen LogP contribution < -0.4 is 10.2 Å². The molecular formula is C15H17FN4. The van der Waals surface area contributed by atoms with Crippen molar-refractivity contribution in [2.75, 3.05) is 23.3 Å². The Labute approximate surface area is 117 Å². The number of rotatable bonds is 4. The second-order valence-electron chi connectivity index (χ2n) is 4.94. The van der Waals surface area contributed by atoms with Gasteiger partial charge < -0.3 is 10.2 Å². The molecule has 0 spiro atoms. The lowest BCUT2D eigenvalue weighted by Crippen LogP contribution is -2.19. The van der Waals surface area contributed by atoms with Gasteiger partial charge in [-0.3, -0.25) is 0 Å². The Morgan fingerprint density at radius 3 is 2.60 bits per heavy atom. The molecule has 0 atom stereocenters. The van der Waals surface area contributed by atoms with E-state index in [4.69, 9.17) is 0 Å². The Morgan fingerprint density at radius 1 is 1.10 bits per heavy atom. The van der Waals surface area contributed by atoms with Crippen molar-refractivity contribution < 1.29 is 4.39 Å². The van der Waals surface area contributed by atoms with Gasteiger partial charge in [-0.25, -0.2) is 14.4 Å². The van der Waals surface area contributed by atoms with Crippen molar-refractivity contribution >= 4 is 11.6 Å². The molecule has 0 amide bonds. The van der Waals surface area contributed by atoms with Gasteiger partial charge in [0.05, 0.1) is 0 Å². The summed E-state index contributed by atoms with van der Waals surface area (Å²) in [5.41, 5.74) is 1.02. The van der Waals surface area contributed by atoms with Crippen LogP contribution in [0.3, 0.4) is 0 Å². The molecule has 1 aliphatic rings. The van der Waals surface area contributed by atoms with Gasteiger partial charge in [0.25, 0.3) is 0 Å². The fraction of sp³-hybridized carbons (Fsp3) is 0.333. The van der Waals surface area contributed by atoms with Crippen LogP contribution in [-0.2, 0) is 6.54 Å². The smallest absolute Gasteiger partial charge is 0.134 e. The number of halogens is 1. The molecule has 1 fully saturated rings. The maximum absolute atomic E-state index is 12.8. The first kappa shape index (κ1) is 12.8. The predicted octanol–water partition coefficient (Wildman–Crippen LogP) is 2.83. The van der Waals surface area contributed by atoms with Crippen LogP contribution in [0, 0.1) is 5.82 Å². The number of nitrogens with one attached hydrogen (secondary N) is 1. The second kappa shape index (κ2) is 5.86. The average molecular weight is 272 g/mol. The minimum atomic E-state index is -0.216. The summed E-state index contributed by atoms with van der Waals surface area (Å²) in [5.74, 6) is 1.55. The van der Waals surface area contributed by atoms with E-state index in [9.17, 15) is 4.39 Å². The summed E-state index contributed by atoms with van der Waals surface area (Å²) < 4.78 is 12.8. The van der Waals surface area contributed by atoms with Crippen molar-refractivity contribution in [1.82, 2.24) is 9.97 Å². The number of hydrogen-bond acceptors (Lipinski definition) is 4. The molecule has 3 rings (SSSR count). The van der Waals surface area contributed by atoms with Crippen molar-refractivity contribution in [2.24, 2.45) is 0 Å². The highest BCUT2D eigenvalue weighted by atomic mass is 19.1. The molecule has 0 bridgehead atoms. The molecule has 20 heavy (non-hydrogen) atoms. The summed E-state index contributed by atoms with van der Waals surface area (Å²) in [6.45, 7) is 2.75.